The molecule has 0 aliphatic rings. The molecule has 100 valence electrons. The van der Waals surface area contributed by atoms with Gasteiger partial charge in [0.15, 0.2) is 0 Å². The van der Waals surface area contributed by atoms with E-state index in [-0.39, 0.29) is 12.5 Å². The van der Waals surface area contributed by atoms with Gasteiger partial charge in [-0.25, -0.2) is 9.97 Å². The van der Waals surface area contributed by atoms with Crippen molar-refractivity contribution in [2.45, 2.75) is 6.42 Å². The molecule has 0 aliphatic carbocycles. The first kappa shape index (κ1) is 14.2. The van der Waals surface area contributed by atoms with Crippen molar-refractivity contribution in [2.75, 3.05) is 44.5 Å². The van der Waals surface area contributed by atoms with E-state index in [2.05, 4.69) is 25.3 Å². The number of nitrogens with zero attached hydrogens (tertiary/aromatic N) is 2. The van der Waals surface area contributed by atoms with Gasteiger partial charge in [0.25, 0.3) is 0 Å². The van der Waals surface area contributed by atoms with Crippen LogP contribution in [0.2, 0.25) is 0 Å². The summed E-state index contributed by atoms with van der Waals surface area (Å²) in [5, 5.41) is 5.98. The van der Waals surface area contributed by atoms with Gasteiger partial charge in [0.1, 0.15) is 24.5 Å². The molecule has 0 saturated carbocycles. The largest absolute Gasteiger partial charge is 0.468 e. The molecule has 1 heterocycles. The predicted molar refractivity (Wildman–Crippen MR) is 67.5 cm³/mol. The fraction of sp³-hybridized carbons (Fsp3) is 0.545. The Morgan fingerprint density at radius 3 is 2.67 bits per heavy atom. The molecule has 7 heteroatoms. The molecule has 1 rings (SSSR count). The average Bonchev–Trinajstić information content (AvgIpc) is 2.41. The summed E-state index contributed by atoms with van der Waals surface area (Å²) in [4.78, 5) is 19.0. The van der Waals surface area contributed by atoms with Gasteiger partial charge < -0.3 is 20.1 Å². The Labute approximate surface area is 106 Å². The van der Waals surface area contributed by atoms with Gasteiger partial charge in [0.2, 0.25) is 0 Å². The van der Waals surface area contributed by atoms with Crippen molar-refractivity contribution < 1.29 is 14.3 Å². The molecule has 0 bridgehead atoms. The zero-order chi connectivity index (χ0) is 13.2. The quantitative estimate of drug-likeness (QED) is 0.516. The minimum atomic E-state index is -0.344. The Morgan fingerprint density at radius 2 is 2.00 bits per heavy atom. The normalized spacial score (nSPS) is 9.89. The van der Waals surface area contributed by atoms with Crippen LogP contribution in [-0.4, -0.2) is 49.9 Å². The molecular formula is C11H18N4O3. The summed E-state index contributed by atoms with van der Waals surface area (Å²) in [5.41, 5.74) is 0. The van der Waals surface area contributed by atoms with Crippen LogP contribution in [0.15, 0.2) is 12.4 Å². The fourth-order valence-corrected chi connectivity index (χ4v) is 1.22. The molecule has 18 heavy (non-hydrogen) atoms. The summed E-state index contributed by atoms with van der Waals surface area (Å²) in [6.07, 6.45) is 2.32. The Morgan fingerprint density at radius 1 is 1.28 bits per heavy atom. The summed E-state index contributed by atoms with van der Waals surface area (Å²) in [6.45, 7) is 1.55. The van der Waals surface area contributed by atoms with E-state index in [1.807, 2.05) is 0 Å². The highest BCUT2D eigenvalue weighted by Gasteiger charge is 2.02. The maximum atomic E-state index is 11.0. The number of rotatable bonds is 8. The van der Waals surface area contributed by atoms with Gasteiger partial charge in [0, 0.05) is 26.3 Å². The predicted octanol–water partition coefficient (Wildman–Crippen LogP) is 0.510. The van der Waals surface area contributed by atoms with Gasteiger partial charge in [-0.2, -0.15) is 0 Å². The molecule has 0 amide bonds. The van der Waals surface area contributed by atoms with Crippen molar-refractivity contribution in [3.63, 3.8) is 0 Å². The third-order valence-corrected chi connectivity index (χ3v) is 2.14. The van der Waals surface area contributed by atoms with Gasteiger partial charge in [0.05, 0.1) is 7.11 Å². The number of nitrogens with one attached hydrogen (secondary N) is 2. The molecule has 0 spiro atoms. The van der Waals surface area contributed by atoms with Crippen LogP contribution in [0.5, 0.6) is 0 Å². The van der Waals surface area contributed by atoms with E-state index in [9.17, 15) is 4.79 Å². The zero-order valence-corrected chi connectivity index (χ0v) is 10.6. The first-order valence-corrected chi connectivity index (χ1v) is 5.62. The second kappa shape index (κ2) is 8.24. The monoisotopic (exact) mass is 254 g/mol. The fourth-order valence-electron chi connectivity index (χ4n) is 1.22. The summed E-state index contributed by atoms with van der Waals surface area (Å²) >= 11 is 0. The molecule has 0 aromatic carbocycles. The number of carbonyl (C=O) groups excluding carboxylic acids is 1. The molecular weight excluding hydrogens is 236 g/mol. The van der Waals surface area contributed by atoms with Gasteiger partial charge in [-0.05, 0) is 6.42 Å². The maximum Gasteiger partial charge on any atom is 0.325 e. The van der Waals surface area contributed by atoms with Crippen molar-refractivity contribution in [3.8, 4) is 0 Å². The second-order valence-corrected chi connectivity index (χ2v) is 3.49. The summed E-state index contributed by atoms with van der Waals surface area (Å²) < 4.78 is 9.46. The van der Waals surface area contributed by atoms with Crippen molar-refractivity contribution in [1.29, 1.82) is 0 Å². The molecule has 7 nitrogen and oxygen atoms in total. The number of hydrogen-bond donors (Lipinski definition) is 2. The van der Waals surface area contributed by atoms with E-state index in [1.165, 1.54) is 13.4 Å². The number of hydrogen-bond acceptors (Lipinski definition) is 7. The van der Waals surface area contributed by atoms with Crippen LogP contribution < -0.4 is 10.6 Å². The van der Waals surface area contributed by atoms with Crippen molar-refractivity contribution >= 4 is 17.6 Å². The van der Waals surface area contributed by atoms with Gasteiger partial charge in [-0.15, -0.1) is 0 Å². The van der Waals surface area contributed by atoms with Crippen LogP contribution in [0, 0.1) is 0 Å². The topological polar surface area (TPSA) is 85.4 Å². The highest BCUT2D eigenvalue weighted by Crippen LogP contribution is 2.08. The van der Waals surface area contributed by atoms with E-state index < -0.39 is 0 Å². The number of aromatic nitrogens is 2. The van der Waals surface area contributed by atoms with Gasteiger partial charge in [-0.3, -0.25) is 4.79 Å². The second-order valence-electron chi connectivity index (χ2n) is 3.49. The SMILES string of the molecule is COCCCNc1cc(NCC(=O)OC)ncn1. The van der Waals surface area contributed by atoms with E-state index in [0.29, 0.717) is 18.2 Å². The van der Waals surface area contributed by atoms with Crippen LogP contribution in [0.25, 0.3) is 0 Å². The molecule has 1 aromatic heterocycles. The number of ether oxygens (including phenoxy) is 2. The zero-order valence-electron chi connectivity index (χ0n) is 10.6. The van der Waals surface area contributed by atoms with Crippen LogP contribution in [0.3, 0.4) is 0 Å². The molecule has 0 atom stereocenters. The molecule has 0 saturated heterocycles. The van der Waals surface area contributed by atoms with Crippen LogP contribution in [-0.2, 0) is 14.3 Å². The van der Waals surface area contributed by atoms with E-state index in [1.54, 1.807) is 13.2 Å². The Bertz CT molecular complexity index is 373. The highest BCUT2D eigenvalue weighted by atomic mass is 16.5. The Kier molecular flexibility index (Phi) is 6.49. The lowest BCUT2D eigenvalue weighted by Gasteiger charge is -2.07. The standard InChI is InChI=1S/C11H18N4O3/c1-17-5-3-4-12-9-6-10(15-8-14-9)13-7-11(16)18-2/h6,8H,3-5,7H2,1-2H3,(H2,12,13,14,15). The lowest BCUT2D eigenvalue weighted by atomic mass is 10.4. The summed E-state index contributed by atoms with van der Waals surface area (Å²) in [7, 11) is 3.01. The highest BCUT2D eigenvalue weighted by molar-refractivity contribution is 5.74. The van der Waals surface area contributed by atoms with Crippen LogP contribution in [0.4, 0.5) is 11.6 Å². The number of methoxy groups -OCH3 is 2. The van der Waals surface area contributed by atoms with Crippen molar-refractivity contribution in [1.82, 2.24) is 9.97 Å². The lowest BCUT2D eigenvalue weighted by molar-refractivity contribution is -0.138. The molecule has 2 N–H and O–H groups in total. The van der Waals surface area contributed by atoms with E-state index in [4.69, 9.17) is 4.74 Å². The summed E-state index contributed by atoms with van der Waals surface area (Å²) in [6, 6.07) is 1.73. The minimum Gasteiger partial charge on any atom is -0.468 e. The van der Waals surface area contributed by atoms with Gasteiger partial charge in [-0.1, -0.05) is 0 Å². The summed E-state index contributed by atoms with van der Waals surface area (Å²) in [5.74, 6) is 0.932. The first-order valence-electron chi connectivity index (χ1n) is 5.62. The third-order valence-electron chi connectivity index (χ3n) is 2.14. The number of carbonyl (C=O) groups is 1. The average molecular weight is 254 g/mol. The van der Waals surface area contributed by atoms with Crippen LogP contribution in [0.1, 0.15) is 6.42 Å². The smallest absolute Gasteiger partial charge is 0.325 e. The maximum absolute atomic E-state index is 11.0. The van der Waals surface area contributed by atoms with Crippen molar-refractivity contribution in [2.24, 2.45) is 0 Å². The van der Waals surface area contributed by atoms with E-state index in [0.717, 1.165) is 13.0 Å². The Balaban J connectivity index is 2.39. The lowest BCUT2D eigenvalue weighted by Crippen LogP contribution is -2.16. The molecule has 1 aromatic rings. The Hall–Kier alpha value is -1.89. The third kappa shape index (κ3) is 5.44. The first-order chi connectivity index (χ1) is 8.76. The molecule has 0 aliphatic heterocycles. The molecule has 0 fully saturated rings. The molecule has 0 unspecified atom stereocenters. The van der Waals surface area contributed by atoms with E-state index >= 15 is 0 Å². The van der Waals surface area contributed by atoms with Crippen molar-refractivity contribution in [3.05, 3.63) is 12.4 Å². The molecule has 0 radical (unpaired) electrons. The van der Waals surface area contributed by atoms with Crippen LogP contribution >= 0.6 is 0 Å². The van der Waals surface area contributed by atoms with Gasteiger partial charge >= 0.3 is 5.97 Å². The number of anilines is 2. The minimum absolute atomic E-state index is 0.0800. The number of esters is 1.